The molecule has 0 spiro atoms. The van der Waals surface area contributed by atoms with Crippen molar-refractivity contribution in [2.45, 2.75) is 50.3 Å². The Morgan fingerprint density at radius 1 is 1.21 bits per heavy atom. The van der Waals surface area contributed by atoms with Crippen LogP contribution in [0, 0.1) is 0 Å². The molecule has 0 unspecified atom stereocenters. The van der Waals surface area contributed by atoms with Gasteiger partial charge in [0.1, 0.15) is 24.1 Å². The number of halogens is 5. The van der Waals surface area contributed by atoms with Gasteiger partial charge in [0.05, 0.1) is 0 Å². The van der Waals surface area contributed by atoms with E-state index in [-0.39, 0.29) is 29.4 Å². The number of nitrogens with one attached hydrogen (secondary N) is 1. The average molecular weight is 370 g/mol. The lowest BCUT2D eigenvalue weighted by atomic mass is 9.96. The van der Waals surface area contributed by atoms with Gasteiger partial charge in [0.25, 0.3) is 0 Å². The highest BCUT2D eigenvalue weighted by atomic mass is 35.5. The standard InChI is InChI=1S/C14H17ClF4N4O/c15-10-6-11(23-7-13(16,17)24-14(18,19)8-23)22-12(21-10)20-9-4-2-1-3-5-9/h6,9H,1-5,7-8H2,(H,20,21,22)/i1D. The first kappa shape index (κ1) is 16.1. The third-order valence-corrected chi connectivity index (χ3v) is 4.02. The molecule has 1 aromatic rings. The minimum atomic E-state index is -4.00. The van der Waals surface area contributed by atoms with Gasteiger partial charge in [-0.3, -0.25) is 4.74 Å². The number of hydrogen-bond acceptors (Lipinski definition) is 5. The van der Waals surface area contributed by atoms with E-state index in [0.29, 0.717) is 0 Å². The van der Waals surface area contributed by atoms with E-state index in [1.54, 1.807) is 0 Å². The van der Waals surface area contributed by atoms with E-state index >= 15 is 0 Å². The molecule has 0 bridgehead atoms. The van der Waals surface area contributed by atoms with Gasteiger partial charge in [0.2, 0.25) is 5.95 Å². The van der Waals surface area contributed by atoms with Crippen molar-refractivity contribution in [3.63, 3.8) is 0 Å². The van der Waals surface area contributed by atoms with Crippen LogP contribution in [0.2, 0.25) is 5.15 Å². The SMILES string of the molecule is [2H]C1CCC(Nc2nc(Cl)cc(N3CC(F)(F)OC(F)(F)C3)n2)CC1. The van der Waals surface area contributed by atoms with E-state index < -0.39 is 25.3 Å². The number of ether oxygens (including phenoxy) is 1. The van der Waals surface area contributed by atoms with Crippen molar-refractivity contribution in [2.75, 3.05) is 23.3 Å². The third kappa shape index (κ3) is 4.38. The van der Waals surface area contributed by atoms with Crippen LogP contribution in [0.4, 0.5) is 29.3 Å². The highest BCUT2D eigenvalue weighted by molar-refractivity contribution is 6.29. The van der Waals surface area contributed by atoms with Crippen LogP contribution in [0.5, 0.6) is 0 Å². The van der Waals surface area contributed by atoms with Gasteiger partial charge in [0.15, 0.2) is 0 Å². The highest BCUT2D eigenvalue weighted by Gasteiger charge is 2.52. The molecule has 1 N–H and O–H groups in total. The molecule has 1 aromatic heterocycles. The summed E-state index contributed by atoms with van der Waals surface area (Å²) in [6.07, 6.45) is -5.15. The summed E-state index contributed by atoms with van der Waals surface area (Å²) in [4.78, 5) is 8.75. The smallest absolute Gasteiger partial charge is 0.351 e. The fraction of sp³-hybridized carbons (Fsp3) is 0.714. The Bertz CT molecular complexity index is 615. The monoisotopic (exact) mass is 369 g/mol. The molecule has 3 rings (SSSR count). The molecule has 10 heteroatoms. The third-order valence-electron chi connectivity index (χ3n) is 3.83. The molecule has 0 aromatic carbocycles. The Kier molecular flexibility index (Phi) is 4.38. The van der Waals surface area contributed by atoms with Crippen LogP contribution in [0.1, 0.15) is 33.5 Å². The van der Waals surface area contributed by atoms with Crippen molar-refractivity contribution in [1.29, 1.82) is 0 Å². The topological polar surface area (TPSA) is 50.3 Å². The summed E-state index contributed by atoms with van der Waals surface area (Å²) in [7, 11) is 0. The van der Waals surface area contributed by atoms with E-state index in [1.165, 1.54) is 0 Å². The van der Waals surface area contributed by atoms with E-state index in [2.05, 4.69) is 20.0 Å². The van der Waals surface area contributed by atoms with Gasteiger partial charge in [-0.25, -0.2) is 4.98 Å². The Balaban J connectivity index is 1.77. The highest BCUT2D eigenvalue weighted by Crippen LogP contribution is 2.36. The first-order valence-electron chi connectivity index (χ1n) is 8.14. The van der Waals surface area contributed by atoms with Gasteiger partial charge in [-0.15, -0.1) is 0 Å². The summed E-state index contributed by atoms with van der Waals surface area (Å²) < 4.78 is 64.7. The zero-order valence-electron chi connectivity index (χ0n) is 13.6. The van der Waals surface area contributed by atoms with E-state index in [0.717, 1.165) is 36.6 Å². The first-order valence-corrected chi connectivity index (χ1v) is 7.94. The lowest BCUT2D eigenvalue weighted by molar-refractivity contribution is -0.380. The number of aromatic nitrogens is 2. The quantitative estimate of drug-likeness (QED) is 0.647. The molecule has 2 fully saturated rings. The Hall–Kier alpha value is -1.35. The summed E-state index contributed by atoms with van der Waals surface area (Å²) in [5, 5.41) is 3.00. The van der Waals surface area contributed by atoms with Crippen molar-refractivity contribution in [1.82, 2.24) is 9.97 Å². The van der Waals surface area contributed by atoms with Crippen LogP contribution in [-0.4, -0.2) is 41.3 Å². The van der Waals surface area contributed by atoms with Crippen molar-refractivity contribution in [3.8, 4) is 0 Å². The Morgan fingerprint density at radius 2 is 1.83 bits per heavy atom. The molecule has 2 heterocycles. The molecule has 2 aliphatic rings. The maximum atomic E-state index is 13.4. The number of anilines is 2. The van der Waals surface area contributed by atoms with Gasteiger partial charge in [-0.05, 0) is 12.8 Å². The van der Waals surface area contributed by atoms with Gasteiger partial charge in [-0.2, -0.15) is 22.5 Å². The van der Waals surface area contributed by atoms with E-state index in [9.17, 15) is 17.6 Å². The average Bonchev–Trinajstić information content (AvgIpc) is 2.46. The predicted octanol–water partition coefficient (Wildman–Crippen LogP) is 3.90. The lowest BCUT2D eigenvalue weighted by Gasteiger charge is -2.37. The second kappa shape index (κ2) is 6.51. The summed E-state index contributed by atoms with van der Waals surface area (Å²) in [5.41, 5.74) is 0. The molecular weight excluding hydrogens is 352 g/mol. The van der Waals surface area contributed by atoms with Crippen LogP contribution in [0.15, 0.2) is 6.07 Å². The van der Waals surface area contributed by atoms with Gasteiger partial charge >= 0.3 is 12.2 Å². The van der Waals surface area contributed by atoms with Crippen molar-refractivity contribution >= 4 is 23.4 Å². The summed E-state index contributed by atoms with van der Waals surface area (Å²) >= 11 is 5.90. The number of nitrogens with zero attached hydrogens (tertiary/aromatic N) is 3. The summed E-state index contributed by atoms with van der Waals surface area (Å²) in [5.74, 6) is -0.0339. The van der Waals surface area contributed by atoms with E-state index in [4.69, 9.17) is 13.0 Å². The van der Waals surface area contributed by atoms with E-state index in [1.807, 2.05) is 0 Å². The minimum Gasteiger partial charge on any atom is -0.351 e. The fourth-order valence-electron chi connectivity index (χ4n) is 2.83. The second-order valence-corrected chi connectivity index (χ2v) is 6.28. The van der Waals surface area contributed by atoms with Crippen LogP contribution in [0.3, 0.4) is 0 Å². The first-order chi connectivity index (χ1) is 11.6. The molecule has 24 heavy (non-hydrogen) atoms. The molecule has 0 atom stereocenters. The Morgan fingerprint density at radius 3 is 2.46 bits per heavy atom. The van der Waals surface area contributed by atoms with Gasteiger partial charge in [0, 0.05) is 13.5 Å². The minimum absolute atomic E-state index is 0.0282. The van der Waals surface area contributed by atoms with Crippen LogP contribution < -0.4 is 10.2 Å². The molecule has 1 aliphatic heterocycles. The lowest BCUT2D eigenvalue weighted by Crippen LogP contribution is -2.55. The maximum Gasteiger partial charge on any atom is 0.377 e. The molecule has 0 radical (unpaired) electrons. The Labute approximate surface area is 142 Å². The van der Waals surface area contributed by atoms with Crippen LogP contribution >= 0.6 is 11.6 Å². The molecular formula is C14H17ClF4N4O. The van der Waals surface area contributed by atoms with Gasteiger partial charge < -0.3 is 10.2 Å². The molecule has 1 saturated heterocycles. The predicted molar refractivity (Wildman–Crippen MR) is 80.7 cm³/mol. The van der Waals surface area contributed by atoms with Gasteiger partial charge in [-0.1, -0.05) is 30.8 Å². The maximum absolute atomic E-state index is 13.4. The van der Waals surface area contributed by atoms with Crippen molar-refractivity contribution in [3.05, 3.63) is 11.2 Å². The number of alkyl halides is 4. The second-order valence-electron chi connectivity index (χ2n) is 5.89. The van der Waals surface area contributed by atoms with Crippen molar-refractivity contribution in [2.24, 2.45) is 0 Å². The van der Waals surface area contributed by atoms with Crippen LogP contribution in [0.25, 0.3) is 0 Å². The normalized spacial score (nSPS) is 29.9. The zero-order chi connectivity index (χ0) is 18.2. The molecule has 1 saturated carbocycles. The molecule has 5 nitrogen and oxygen atoms in total. The largest absolute Gasteiger partial charge is 0.377 e. The fourth-order valence-corrected chi connectivity index (χ4v) is 3.01. The summed E-state index contributed by atoms with van der Waals surface area (Å²) in [6.45, 7) is -2.11. The molecule has 134 valence electrons. The molecule has 1 aliphatic carbocycles. The summed E-state index contributed by atoms with van der Waals surface area (Å²) in [6, 6.07) is 1.19. The number of morpholine rings is 1. The molecule has 0 amide bonds. The van der Waals surface area contributed by atoms with Crippen molar-refractivity contribution < 1.29 is 23.7 Å². The zero-order valence-corrected chi connectivity index (χ0v) is 13.4. The number of rotatable bonds is 3. The van der Waals surface area contributed by atoms with Crippen LogP contribution in [-0.2, 0) is 4.74 Å². The number of hydrogen-bond donors (Lipinski definition) is 1.